The molecule has 0 aliphatic rings. The average molecular weight is 306 g/mol. The Kier molecular flexibility index (Phi) is 4.74. The van der Waals surface area contributed by atoms with Crippen LogP contribution < -0.4 is 0 Å². The maximum absolute atomic E-state index is 11.8. The molecule has 0 bridgehead atoms. The highest BCUT2D eigenvalue weighted by molar-refractivity contribution is 7.91. The lowest BCUT2D eigenvalue weighted by Gasteiger charge is -2.11. The van der Waals surface area contributed by atoms with Crippen LogP contribution in [-0.4, -0.2) is 26.2 Å². The minimum Gasteiger partial charge on any atom is -0.297 e. The molecular weight excluding hydrogens is 297 g/mol. The number of halogens is 2. The van der Waals surface area contributed by atoms with Crippen molar-refractivity contribution in [2.24, 2.45) is 0 Å². The van der Waals surface area contributed by atoms with Crippen LogP contribution in [0.2, 0.25) is 10.0 Å². The Morgan fingerprint density at radius 1 is 1.39 bits per heavy atom. The van der Waals surface area contributed by atoms with Gasteiger partial charge in [-0.3, -0.25) is 4.79 Å². The smallest absolute Gasteiger partial charge is 0.169 e. The number of ketones is 1. The van der Waals surface area contributed by atoms with Crippen LogP contribution in [0.5, 0.6) is 0 Å². The van der Waals surface area contributed by atoms with Gasteiger partial charge < -0.3 is 0 Å². The lowest BCUT2D eigenvalue weighted by Crippen LogP contribution is -2.21. The Morgan fingerprint density at radius 3 is 2.28 bits per heavy atom. The summed E-state index contributed by atoms with van der Waals surface area (Å²) in [5.74, 6) is -2.73. The molecule has 1 atom stereocenters. The molecule has 0 aliphatic carbocycles. The van der Waals surface area contributed by atoms with Crippen molar-refractivity contribution in [2.45, 2.75) is 5.92 Å². The monoisotopic (exact) mass is 305 g/mol. The summed E-state index contributed by atoms with van der Waals surface area (Å²) in [7, 11) is -3.50. The molecule has 0 N–H and O–H groups in total. The first-order valence-corrected chi connectivity index (χ1v) is 7.62. The highest BCUT2D eigenvalue weighted by atomic mass is 35.5. The van der Waals surface area contributed by atoms with Crippen molar-refractivity contribution >= 4 is 38.8 Å². The number of sulfone groups is 1. The summed E-state index contributed by atoms with van der Waals surface area (Å²) in [6.07, 6.45) is 0.924. The van der Waals surface area contributed by atoms with Gasteiger partial charge in [0.2, 0.25) is 0 Å². The van der Waals surface area contributed by atoms with Gasteiger partial charge >= 0.3 is 0 Å². The van der Waals surface area contributed by atoms with Crippen LogP contribution in [0.25, 0.3) is 0 Å². The van der Waals surface area contributed by atoms with E-state index in [1.165, 1.54) is 12.1 Å². The lowest BCUT2D eigenvalue weighted by atomic mass is 9.97. The number of Topliss-reactive ketones (excluding diaryl/α,β-unsaturated/α-hetero) is 1. The molecule has 1 rings (SSSR count). The molecule has 0 saturated carbocycles. The second-order valence-electron chi connectivity index (χ2n) is 3.73. The van der Waals surface area contributed by atoms with Crippen LogP contribution >= 0.6 is 23.2 Å². The summed E-state index contributed by atoms with van der Waals surface area (Å²) >= 11 is 11.8. The summed E-state index contributed by atoms with van der Waals surface area (Å²) < 4.78 is 22.1. The van der Waals surface area contributed by atoms with Crippen LogP contribution in [0.15, 0.2) is 18.2 Å². The van der Waals surface area contributed by atoms with E-state index in [0.717, 1.165) is 6.26 Å². The fourth-order valence-corrected chi connectivity index (χ4v) is 2.72. The molecule has 0 saturated heterocycles. The number of carbonyl (C=O) groups is 1. The largest absolute Gasteiger partial charge is 0.297 e. The second-order valence-corrected chi connectivity index (χ2v) is 6.69. The normalized spacial score (nSPS) is 12.8. The molecule has 0 spiro atoms. The number of rotatable bonds is 4. The molecule has 0 aliphatic heterocycles. The van der Waals surface area contributed by atoms with Gasteiger partial charge in [0, 0.05) is 21.9 Å². The van der Waals surface area contributed by atoms with Crippen LogP contribution in [0.4, 0.5) is 0 Å². The molecule has 4 nitrogen and oxygen atoms in total. The zero-order valence-corrected chi connectivity index (χ0v) is 11.7. The van der Waals surface area contributed by atoms with Crippen molar-refractivity contribution in [1.29, 1.82) is 5.26 Å². The zero-order valence-electron chi connectivity index (χ0n) is 9.35. The summed E-state index contributed by atoms with van der Waals surface area (Å²) in [4.78, 5) is 11.8. The Morgan fingerprint density at radius 2 is 1.89 bits per heavy atom. The van der Waals surface area contributed by atoms with Gasteiger partial charge in [-0.1, -0.05) is 29.3 Å². The third-order valence-electron chi connectivity index (χ3n) is 2.14. The maximum atomic E-state index is 11.8. The average Bonchev–Trinajstić information content (AvgIpc) is 2.20. The molecule has 96 valence electrons. The molecular formula is C11H9Cl2NO3S. The standard InChI is InChI=1S/C11H9Cl2NO3S/c1-18(16,17)6-10(15)7(5-14)11-8(12)3-2-4-9(11)13/h2-4,7H,6H2,1H3. The van der Waals surface area contributed by atoms with Gasteiger partial charge in [-0.05, 0) is 12.1 Å². The second kappa shape index (κ2) is 5.70. The highest BCUT2D eigenvalue weighted by Crippen LogP contribution is 2.32. The molecule has 0 radical (unpaired) electrons. The van der Waals surface area contributed by atoms with Crippen molar-refractivity contribution in [3.8, 4) is 6.07 Å². The molecule has 1 aromatic rings. The lowest BCUT2D eigenvalue weighted by molar-refractivity contribution is -0.116. The third-order valence-corrected chi connectivity index (χ3v) is 3.61. The summed E-state index contributed by atoms with van der Waals surface area (Å²) in [5.41, 5.74) is 0.150. The van der Waals surface area contributed by atoms with Crippen molar-refractivity contribution < 1.29 is 13.2 Å². The molecule has 18 heavy (non-hydrogen) atoms. The zero-order chi connectivity index (χ0) is 13.9. The van der Waals surface area contributed by atoms with Crippen molar-refractivity contribution in [3.63, 3.8) is 0 Å². The van der Waals surface area contributed by atoms with Crippen molar-refractivity contribution in [1.82, 2.24) is 0 Å². The van der Waals surface area contributed by atoms with Gasteiger partial charge in [0.1, 0.15) is 11.7 Å². The van der Waals surface area contributed by atoms with E-state index in [4.69, 9.17) is 28.5 Å². The van der Waals surface area contributed by atoms with Crippen molar-refractivity contribution in [3.05, 3.63) is 33.8 Å². The van der Waals surface area contributed by atoms with E-state index in [0.29, 0.717) is 0 Å². The van der Waals surface area contributed by atoms with E-state index < -0.39 is 27.3 Å². The summed E-state index contributed by atoms with van der Waals surface area (Å²) in [6.45, 7) is 0. The van der Waals surface area contributed by atoms with E-state index in [1.807, 2.05) is 0 Å². The van der Waals surface area contributed by atoms with E-state index in [2.05, 4.69) is 0 Å². The predicted octanol–water partition coefficient (Wildman–Crippen LogP) is 2.21. The molecule has 1 unspecified atom stereocenters. The maximum Gasteiger partial charge on any atom is 0.169 e. The van der Waals surface area contributed by atoms with Crippen LogP contribution in [0.3, 0.4) is 0 Å². The molecule has 0 fully saturated rings. The van der Waals surface area contributed by atoms with E-state index >= 15 is 0 Å². The van der Waals surface area contributed by atoms with E-state index in [-0.39, 0.29) is 15.6 Å². The number of hydrogen-bond acceptors (Lipinski definition) is 4. The van der Waals surface area contributed by atoms with Crippen LogP contribution in [0, 0.1) is 11.3 Å². The minimum absolute atomic E-state index is 0.150. The van der Waals surface area contributed by atoms with Gasteiger partial charge in [-0.15, -0.1) is 0 Å². The van der Waals surface area contributed by atoms with Gasteiger partial charge in [0.15, 0.2) is 15.6 Å². The Balaban J connectivity index is 3.20. The third kappa shape index (κ3) is 3.70. The van der Waals surface area contributed by atoms with Crippen LogP contribution in [0.1, 0.15) is 11.5 Å². The van der Waals surface area contributed by atoms with E-state index in [1.54, 1.807) is 12.1 Å². The molecule has 1 aromatic carbocycles. The van der Waals surface area contributed by atoms with Gasteiger partial charge in [0.05, 0.1) is 6.07 Å². The number of benzene rings is 1. The highest BCUT2D eigenvalue weighted by Gasteiger charge is 2.27. The molecule has 0 amide bonds. The number of nitriles is 1. The SMILES string of the molecule is CS(=O)(=O)CC(=O)C(C#N)c1c(Cl)cccc1Cl. The summed E-state index contributed by atoms with van der Waals surface area (Å²) in [5, 5.41) is 9.34. The number of nitrogens with zero attached hydrogens (tertiary/aromatic N) is 1. The van der Waals surface area contributed by atoms with Crippen molar-refractivity contribution in [2.75, 3.05) is 12.0 Å². The quantitative estimate of drug-likeness (QED) is 0.854. The first kappa shape index (κ1) is 15.0. The fourth-order valence-electron chi connectivity index (χ4n) is 1.43. The Bertz CT molecular complexity index is 599. The van der Waals surface area contributed by atoms with E-state index in [9.17, 15) is 13.2 Å². The molecule has 0 aromatic heterocycles. The topological polar surface area (TPSA) is 75.0 Å². The molecule has 7 heteroatoms. The van der Waals surface area contributed by atoms with Gasteiger partial charge in [0.25, 0.3) is 0 Å². The van der Waals surface area contributed by atoms with Crippen LogP contribution in [-0.2, 0) is 14.6 Å². The molecule has 0 heterocycles. The fraction of sp³-hybridized carbons (Fsp3) is 0.273. The predicted molar refractivity (Wildman–Crippen MR) is 69.5 cm³/mol. The number of carbonyl (C=O) groups excluding carboxylic acids is 1. The minimum atomic E-state index is -3.50. The first-order valence-electron chi connectivity index (χ1n) is 4.80. The van der Waals surface area contributed by atoms with Gasteiger partial charge in [-0.25, -0.2) is 8.42 Å². The van der Waals surface area contributed by atoms with Gasteiger partial charge in [-0.2, -0.15) is 5.26 Å². The Hall–Kier alpha value is -1.09. The summed E-state index contributed by atoms with van der Waals surface area (Å²) in [6, 6.07) is 6.29. The first-order chi connectivity index (χ1) is 8.26. The Labute approximate surface area is 115 Å². The number of hydrogen-bond donors (Lipinski definition) is 0.